The van der Waals surface area contributed by atoms with Crippen LogP contribution in [-0.4, -0.2) is 33.1 Å². The van der Waals surface area contributed by atoms with E-state index in [2.05, 4.69) is 55.2 Å². The highest BCUT2D eigenvalue weighted by molar-refractivity contribution is 5.28. The van der Waals surface area contributed by atoms with Crippen molar-refractivity contribution in [1.82, 2.24) is 25.3 Å². The van der Waals surface area contributed by atoms with Crippen LogP contribution < -0.4 is 5.32 Å². The second-order valence-electron chi connectivity index (χ2n) is 8.20. The van der Waals surface area contributed by atoms with E-state index in [-0.39, 0.29) is 11.5 Å². The summed E-state index contributed by atoms with van der Waals surface area (Å²) in [4.78, 5) is 0. The fraction of sp³-hybridized carbons (Fsp3) is 0.684. The van der Waals surface area contributed by atoms with Crippen molar-refractivity contribution < 1.29 is 4.74 Å². The van der Waals surface area contributed by atoms with E-state index in [0.29, 0.717) is 5.92 Å². The van der Waals surface area contributed by atoms with Gasteiger partial charge in [-0.05, 0) is 20.3 Å². The first kappa shape index (κ1) is 18.1. The molecule has 3 rings (SSSR count). The highest BCUT2D eigenvalue weighted by Crippen LogP contribution is 2.37. The molecular formula is C19H31N5O. The van der Waals surface area contributed by atoms with Crippen LogP contribution in [0, 0.1) is 19.8 Å². The summed E-state index contributed by atoms with van der Waals surface area (Å²) in [7, 11) is 2.00. The second kappa shape index (κ2) is 6.92. The summed E-state index contributed by atoms with van der Waals surface area (Å²) in [6.45, 7) is 13.4. The number of nitrogens with zero attached hydrogens (tertiary/aromatic N) is 3. The van der Waals surface area contributed by atoms with Gasteiger partial charge >= 0.3 is 0 Å². The Morgan fingerprint density at radius 3 is 2.76 bits per heavy atom. The zero-order valence-electron chi connectivity index (χ0n) is 16.3. The lowest BCUT2D eigenvalue weighted by molar-refractivity contribution is 0.0893. The maximum Gasteiger partial charge on any atom is 0.0901 e. The SMILES string of the molecule is Cc1nn(C)c(C)c1[C@@H]1OCC[C@@H]1CNCc1cn[nH]c1C(C)(C)C. The molecule has 6 nitrogen and oxygen atoms in total. The van der Waals surface area contributed by atoms with Gasteiger partial charge in [0.15, 0.2) is 0 Å². The van der Waals surface area contributed by atoms with Gasteiger partial charge in [-0.1, -0.05) is 20.8 Å². The molecule has 25 heavy (non-hydrogen) atoms. The Morgan fingerprint density at radius 2 is 2.12 bits per heavy atom. The van der Waals surface area contributed by atoms with Crippen LogP contribution in [0.2, 0.25) is 0 Å². The Bertz CT molecular complexity index is 725. The zero-order valence-corrected chi connectivity index (χ0v) is 16.3. The third kappa shape index (κ3) is 3.65. The summed E-state index contributed by atoms with van der Waals surface area (Å²) >= 11 is 0. The quantitative estimate of drug-likeness (QED) is 0.874. The van der Waals surface area contributed by atoms with Gasteiger partial charge in [-0.25, -0.2) is 0 Å². The summed E-state index contributed by atoms with van der Waals surface area (Å²) in [6.07, 6.45) is 3.17. The van der Waals surface area contributed by atoms with Gasteiger partial charge in [0.25, 0.3) is 0 Å². The Labute approximate surface area is 150 Å². The lowest BCUT2D eigenvalue weighted by Gasteiger charge is -2.21. The molecule has 0 radical (unpaired) electrons. The van der Waals surface area contributed by atoms with Gasteiger partial charge in [0.05, 0.1) is 18.0 Å². The standard InChI is InChI=1S/C19H31N5O/c1-12-16(13(2)24(6)23-12)17-14(7-8-25-17)9-20-10-15-11-21-22-18(15)19(3,4)5/h11,14,17,20H,7-10H2,1-6H3,(H,21,22)/t14-,17-/m1/s1. The molecule has 0 saturated carbocycles. The maximum absolute atomic E-state index is 6.08. The van der Waals surface area contributed by atoms with Crippen molar-refractivity contribution in [3.05, 3.63) is 34.4 Å². The molecule has 1 saturated heterocycles. The van der Waals surface area contributed by atoms with Crippen molar-refractivity contribution in [2.45, 2.75) is 59.1 Å². The van der Waals surface area contributed by atoms with Crippen molar-refractivity contribution in [2.24, 2.45) is 13.0 Å². The number of aromatic nitrogens is 4. The molecule has 2 aromatic heterocycles. The third-order valence-corrected chi connectivity index (χ3v) is 5.25. The van der Waals surface area contributed by atoms with Crippen molar-refractivity contribution in [2.75, 3.05) is 13.2 Å². The van der Waals surface area contributed by atoms with Crippen molar-refractivity contribution in [3.63, 3.8) is 0 Å². The molecule has 0 aromatic carbocycles. The van der Waals surface area contributed by atoms with Crippen LogP contribution in [0.25, 0.3) is 0 Å². The number of rotatable bonds is 5. The molecule has 6 heteroatoms. The summed E-state index contributed by atoms with van der Waals surface area (Å²) in [5.41, 5.74) is 6.09. The molecule has 1 aliphatic heterocycles. The number of aryl methyl sites for hydroxylation is 2. The molecule has 0 amide bonds. The van der Waals surface area contributed by atoms with E-state index in [1.165, 1.54) is 22.5 Å². The van der Waals surface area contributed by atoms with Gasteiger partial charge in [-0.3, -0.25) is 9.78 Å². The number of aromatic amines is 1. The topological polar surface area (TPSA) is 67.8 Å². The summed E-state index contributed by atoms with van der Waals surface area (Å²) in [6, 6.07) is 0. The highest BCUT2D eigenvalue weighted by Gasteiger charge is 2.33. The van der Waals surface area contributed by atoms with Crippen LogP contribution in [0.4, 0.5) is 0 Å². The Morgan fingerprint density at radius 1 is 1.36 bits per heavy atom. The molecule has 2 atom stereocenters. The monoisotopic (exact) mass is 345 g/mol. The highest BCUT2D eigenvalue weighted by atomic mass is 16.5. The van der Waals surface area contributed by atoms with Gasteiger partial charge in [0, 0.05) is 60.6 Å². The molecule has 2 N–H and O–H groups in total. The predicted molar refractivity (Wildman–Crippen MR) is 98.5 cm³/mol. The molecule has 2 aromatic rings. The van der Waals surface area contributed by atoms with E-state index in [9.17, 15) is 0 Å². The fourth-order valence-electron chi connectivity index (χ4n) is 3.85. The number of H-pyrrole nitrogens is 1. The smallest absolute Gasteiger partial charge is 0.0901 e. The minimum Gasteiger partial charge on any atom is -0.373 e. The van der Waals surface area contributed by atoms with Crippen LogP contribution in [0.1, 0.15) is 61.5 Å². The first-order chi connectivity index (χ1) is 11.8. The van der Waals surface area contributed by atoms with Gasteiger partial charge in [0.2, 0.25) is 0 Å². The van der Waals surface area contributed by atoms with Crippen LogP contribution in [0.5, 0.6) is 0 Å². The van der Waals surface area contributed by atoms with E-state index in [4.69, 9.17) is 4.74 Å². The van der Waals surface area contributed by atoms with E-state index in [1.807, 2.05) is 17.9 Å². The van der Waals surface area contributed by atoms with Crippen LogP contribution >= 0.6 is 0 Å². The minimum atomic E-state index is 0.0798. The van der Waals surface area contributed by atoms with E-state index >= 15 is 0 Å². The number of nitrogens with one attached hydrogen (secondary N) is 2. The van der Waals surface area contributed by atoms with Crippen LogP contribution in [0.15, 0.2) is 6.20 Å². The average molecular weight is 345 g/mol. The molecule has 138 valence electrons. The number of ether oxygens (including phenoxy) is 1. The van der Waals surface area contributed by atoms with Crippen LogP contribution in [-0.2, 0) is 23.7 Å². The second-order valence-corrected chi connectivity index (χ2v) is 8.20. The zero-order chi connectivity index (χ0) is 18.2. The van der Waals surface area contributed by atoms with E-state index < -0.39 is 0 Å². The molecule has 0 spiro atoms. The van der Waals surface area contributed by atoms with Gasteiger partial charge in [-0.2, -0.15) is 10.2 Å². The summed E-state index contributed by atoms with van der Waals surface area (Å²) in [5, 5.41) is 15.6. The Hall–Kier alpha value is -1.66. The van der Waals surface area contributed by atoms with E-state index in [0.717, 1.165) is 31.8 Å². The van der Waals surface area contributed by atoms with Gasteiger partial charge in [0.1, 0.15) is 0 Å². The first-order valence-corrected chi connectivity index (χ1v) is 9.14. The maximum atomic E-state index is 6.08. The number of hydrogen-bond acceptors (Lipinski definition) is 4. The van der Waals surface area contributed by atoms with Crippen LogP contribution in [0.3, 0.4) is 0 Å². The summed E-state index contributed by atoms with van der Waals surface area (Å²) < 4.78 is 8.04. The third-order valence-electron chi connectivity index (χ3n) is 5.25. The van der Waals surface area contributed by atoms with Crippen molar-refractivity contribution >= 4 is 0 Å². The van der Waals surface area contributed by atoms with Gasteiger partial charge < -0.3 is 10.1 Å². The van der Waals surface area contributed by atoms with Crippen molar-refractivity contribution in [1.29, 1.82) is 0 Å². The Balaban J connectivity index is 1.64. The summed E-state index contributed by atoms with van der Waals surface area (Å²) in [5.74, 6) is 0.478. The molecule has 3 heterocycles. The first-order valence-electron chi connectivity index (χ1n) is 9.14. The normalized spacial score (nSPS) is 21.2. The largest absolute Gasteiger partial charge is 0.373 e. The molecular weight excluding hydrogens is 314 g/mol. The lowest BCUT2D eigenvalue weighted by atomic mass is 9.89. The minimum absolute atomic E-state index is 0.0798. The molecule has 0 bridgehead atoms. The lowest BCUT2D eigenvalue weighted by Crippen LogP contribution is -2.26. The van der Waals surface area contributed by atoms with E-state index in [1.54, 1.807) is 0 Å². The Kier molecular flexibility index (Phi) is 5.02. The molecule has 0 unspecified atom stereocenters. The molecule has 1 fully saturated rings. The fourth-order valence-corrected chi connectivity index (χ4v) is 3.85. The molecule has 1 aliphatic rings. The number of hydrogen-bond donors (Lipinski definition) is 2. The van der Waals surface area contributed by atoms with Crippen molar-refractivity contribution in [3.8, 4) is 0 Å². The molecule has 0 aliphatic carbocycles. The average Bonchev–Trinajstić information content (AvgIpc) is 3.21. The predicted octanol–water partition coefficient (Wildman–Crippen LogP) is 2.92. The van der Waals surface area contributed by atoms with Gasteiger partial charge in [-0.15, -0.1) is 0 Å².